The van der Waals surface area contributed by atoms with Crippen LogP contribution in [-0.4, -0.2) is 26.9 Å². The molecule has 15 heavy (non-hydrogen) atoms. The summed E-state index contributed by atoms with van der Waals surface area (Å²) in [5.74, 6) is 1.43. The Morgan fingerprint density at radius 1 is 1.47 bits per heavy atom. The molecule has 1 rings (SSSR count). The van der Waals surface area contributed by atoms with Gasteiger partial charge in [0.25, 0.3) is 0 Å². The Kier molecular flexibility index (Phi) is 5.91. The Balaban J connectivity index is 2.09. The molecule has 0 fully saturated rings. The molecule has 0 saturated carbocycles. The zero-order valence-corrected chi connectivity index (χ0v) is 10.1. The van der Waals surface area contributed by atoms with Crippen LogP contribution in [-0.2, 0) is 9.57 Å². The summed E-state index contributed by atoms with van der Waals surface area (Å²) >= 11 is 0. The van der Waals surface area contributed by atoms with E-state index in [9.17, 15) is 0 Å². The third-order valence-electron chi connectivity index (χ3n) is 2.75. The maximum absolute atomic E-state index is 5.25. The van der Waals surface area contributed by atoms with Crippen molar-refractivity contribution in [3.8, 4) is 0 Å². The molecule has 0 bridgehead atoms. The lowest BCUT2D eigenvalue weighted by molar-refractivity contribution is -0.000501. The van der Waals surface area contributed by atoms with Crippen LogP contribution >= 0.6 is 0 Å². The Labute approximate surface area is 92.8 Å². The molecule has 0 spiro atoms. The standard InChI is InChI=1S/C12H23NO2/c1-10-6-11(2)8-12(7-10)9-13-15-5-4-14-3/h6,10,12-13H,4-5,7-9H2,1-3H3. The minimum atomic E-state index is 0.619. The number of hydrogen-bond acceptors (Lipinski definition) is 3. The van der Waals surface area contributed by atoms with Gasteiger partial charge in [-0.05, 0) is 31.6 Å². The predicted molar refractivity (Wildman–Crippen MR) is 61.5 cm³/mol. The van der Waals surface area contributed by atoms with Gasteiger partial charge in [-0.15, -0.1) is 0 Å². The summed E-state index contributed by atoms with van der Waals surface area (Å²) < 4.78 is 4.89. The summed E-state index contributed by atoms with van der Waals surface area (Å²) in [7, 11) is 1.68. The number of ether oxygens (including phenoxy) is 1. The largest absolute Gasteiger partial charge is 0.382 e. The number of allylic oxidation sites excluding steroid dienone is 2. The van der Waals surface area contributed by atoms with Gasteiger partial charge in [-0.1, -0.05) is 18.6 Å². The molecule has 2 unspecified atom stereocenters. The first kappa shape index (κ1) is 12.7. The quantitative estimate of drug-likeness (QED) is 0.416. The predicted octanol–water partition coefficient (Wildman–Crippen LogP) is 2.15. The van der Waals surface area contributed by atoms with Crippen molar-refractivity contribution in [3.05, 3.63) is 11.6 Å². The summed E-state index contributed by atoms with van der Waals surface area (Å²) in [6.07, 6.45) is 4.84. The van der Waals surface area contributed by atoms with Gasteiger partial charge in [0, 0.05) is 13.7 Å². The maximum atomic E-state index is 5.25. The Bertz CT molecular complexity index is 204. The summed E-state index contributed by atoms with van der Waals surface area (Å²) in [6, 6.07) is 0. The minimum absolute atomic E-state index is 0.619. The molecule has 0 aliphatic heterocycles. The van der Waals surface area contributed by atoms with E-state index in [-0.39, 0.29) is 0 Å². The van der Waals surface area contributed by atoms with Crippen molar-refractivity contribution in [3.63, 3.8) is 0 Å². The van der Waals surface area contributed by atoms with Gasteiger partial charge in [-0.25, -0.2) is 5.48 Å². The second-order valence-electron chi connectivity index (χ2n) is 4.49. The smallest absolute Gasteiger partial charge is 0.0915 e. The van der Waals surface area contributed by atoms with Crippen LogP contribution in [0.4, 0.5) is 0 Å². The minimum Gasteiger partial charge on any atom is -0.382 e. The van der Waals surface area contributed by atoms with Crippen molar-refractivity contribution in [1.29, 1.82) is 0 Å². The molecular formula is C12H23NO2. The van der Waals surface area contributed by atoms with E-state index in [4.69, 9.17) is 9.57 Å². The normalized spacial score (nSPS) is 26.5. The molecule has 0 aromatic heterocycles. The van der Waals surface area contributed by atoms with Gasteiger partial charge in [0.15, 0.2) is 0 Å². The van der Waals surface area contributed by atoms with Crippen LogP contribution in [0.3, 0.4) is 0 Å². The molecule has 88 valence electrons. The van der Waals surface area contributed by atoms with Gasteiger partial charge in [0.2, 0.25) is 0 Å². The third kappa shape index (κ3) is 5.30. The van der Waals surface area contributed by atoms with Crippen molar-refractivity contribution in [1.82, 2.24) is 5.48 Å². The van der Waals surface area contributed by atoms with Gasteiger partial charge < -0.3 is 4.74 Å². The highest BCUT2D eigenvalue weighted by molar-refractivity contribution is 5.06. The van der Waals surface area contributed by atoms with Crippen LogP contribution in [0, 0.1) is 11.8 Å². The van der Waals surface area contributed by atoms with Gasteiger partial charge >= 0.3 is 0 Å². The fraction of sp³-hybridized carbons (Fsp3) is 0.833. The number of hydroxylamine groups is 1. The molecular weight excluding hydrogens is 190 g/mol. The first-order valence-electron chi connectivity index (χ1n) is 5.73. The van der Waals surface area contributed by atoms with E-state index < -0.39 is 0 Å². The van der Waals surface area contributed by atoms with Gasteiger partial charge in [-0.3, -0.25) is 4.84 Å². The van der Waals surface area contributed by atoms with E-state index in [0.29, 0.717) is 25.0 Å². The van der Waals surface area contributed by atoms with Crippen LogP contribution in [0.15, 0.2) is 11.6 Å². The summed E-state index contributed by atoms with van der Waals surface area (Å²) in [5.41, 5.74) is 4.54. The fourth-order valence-corrected chi connectivity index (χ4v) is 2.22. The molecule has 0 radical (unpaired) electrons. The van der Waals surface area contributed by atoms with Gasteiger partial charge in [0.1, 0.15) is 0 Å². The van der Waals surface area contributed by atoms with Crippen LogP contribution in [0.5, 0.6) is 0 Å². The molecule has 1 aliphatic rings. The van der Waals surface area contributed by atoms with E-state index in [0.717, 1.165) is 6.54 Å². The Morgan fingerprint density at radius 3 is 2.93 bits per heavy atom. The molecule has 0 aromatic rings. The van der Waals surface area contributed by atoms with E-state index in [1.165, 1.54) is 18.4 Å². The molecule has 0 amide bonds. The lowest BCUT2D eigenvalue weighted by atomic mass is 9.84. The van der Waals surface area contributed by atoms with Crippen molar-refractivity contribution in [2.75, 3.05) is 26.9 Å². The first-order valence-corrected chi connectivity index (χ1v) is 5.73. The molecule has 3 nitrogen and oxygen atoms in total. The SMILES string of the molecule is COCCONCC1CC(C)=CC(C)C1. The zero-order chi connectivity index (χ0) is 11.1. The second-order valence-corrected chi connectivity index (χ2v) is 4.49. The van der Waals surface area contributed by atoms with Crippen LogP contribution < -0.4 is 5.48 Å². The van der Waals surface area contributed by atoms with Gasteiger partial charge in [0.05, 0.1) is 13.2 Å². The molecule has 0 aromatic carbocycles. The first-order chi connectivity index (χ1) is 7.22. The Morgan fingerprint density at radius 2 is 2.27 bits per heavy atom. The van der Waals surface area contributed by atoms with Crippen LogP contribution in [0.25, 0.3) is 0 Å². The average molecular weight is 213 g/mol. The zero-order valence-electron chi connectivity index (χ0n) is 10.1. The number of nitrogens with one attached hydrogen (secondary N) is 1. The summed E-state index contributed by atoms with van der Waals surface area (Å²) in [4.78, 5) is 5.25. The topological polar surface area (TPSA) is 30.5 Å². The van der Waals surface area contributed by atoms with E-state index in [1.54, 1.807) is 7.11 Å². The summed E-state index contributed by atoms with van der Waals surface area (Å²) in [5, 5.41) is 0. The number of hydrogen-bond donors (Lipinski definition) is 1. The monoisotopic (exact) mass is 213 g/mol. The summed E-state index contributed by atoms with van der Waals surface area (Å²) in [6.45, 7) is 6.70. The van der Waals surface area contributed by atoms with Gasteiger partial charge in [-0.2, -0.15) is 0 Å². The van der Waals surface area contributed by atoms with E-state index >= 15 is 0 Å². The van der Waals surface area contributed by atoms with E-state index in [2.05, 4.69) is 25.4 Å². The number of methoxy groups -OCH3 is 1. The highest BCUT2D eigenvalue weighted by Crippen LogP contribution is 2.27. The van der Waals surface area contributed by atoms with Crippen molar-refractivity contribution >= 4 is 0 Å². The number of rotatable bonds is 6. The highest BCUT2D eigenvalue weighted by Gasteiger charge is 2.17. The maximum Gasteiger partial charge on any atom is 0.0915 e. The van der Waals surface area contributed by atoms with Crippen LogP contribution in [0.1, 0.15) is 26.7 Å². The molecule has 1 N–H and O–H groups in total. The second kappa shape index (κ2) is 6.99. The molecule has 0 heterocycles. The van der Waals surface area contributed by atoms with Crippen LogP contribution in [0.2, 0.25) is 0 Å². The van der Waals surface area contributed by atoms with Crippen molar-refractivity contribution in [2.45, 2.75) is 26.7 Å². The fourth-order valence-electron chi connectivity index (χ4n) is 2.22. The molecule has 3 heteroatoms. The lowest BCUT2D eigenvalue weighted by Gasteiger charge is -2.25. The molecule has 1 aliphatic carbocycles. The Hall–Kier alpha value is -0.380. The molecule has 2 atom stereocenters. The highest BCUT2D eigenvalue weighted by atomic mass is 16.7. The molecule has 0 saturated heterocycles. The third-order valence-corrected chi connectivity index (χ3v) is 2.75. The average Bonchev–Trinajstić information content (AvgIpc) is 2.16. The van der Waals surface area contributed by atoms with Crippen molar-refractivity contribution < 1.29 is 9.57 Å². The van der Waals surface area contributed by atoms with E-state index in [1.807, 2.05) is 0 Å². The van der Waals surface area contributed by atoms with Crippen molar-refractivity contribution in [2.24, 2.45) is 11.8 Å². The lowest BCUT2D eigenvalue weighted by Crippen LogP contribution is -2.27.